The summed E-state index contributed by atoms with van der Waals surface area (Å²) in [7, 11) is 0. The number of halogens is 5. The second-order valence-electron chi connectivity index (χ2n) is 8.46. The van der Waals surface area contributed by atoms with E-state index in [-0.39, 0.29) is 21.8 Å². The molecule has 188 valence electrons. The van der Waals surface area contributed by atoms with Crippen LogP contribution in [0.5, 0.6) is 5.75 Å². The van der Waals surface area contributed by atoms with Crippen LogP contribution < -0.4 is 10.4 Å². The number of fused-ring (bicyclic) bond motifs is 3. The van der Waals surface area contributed by atoms with E-state index < -0.39 is 59.3 Å². The summed E-state index contributed by atoms with van der Waals surface area (Å²) < 4.78 is 72.6. The zero-order chi connectivity index (χ0) is 25.9. The van der Waals surface area contributed by atoms with Crippen molar-refractivity contribution in [3.8, 4) is 5.75 Å². The molecule has 0 bridgehead atoms. The molecule has 1 aromatic heterocycles. The average molecular weight is 523 g/mol. The molecule has 0 spiro atoms. The number of hydrogen-bond acceptors (Lipinski definition) is 5. The van der Waals surface area contributed by atoms with E-state index in [2.05, 4.69) is 0 Å². The number of amides is 1. The predicted molar refractivity (Wildman–Crippen MR) is 121 cm³/mol. The van der Waals surface area contributed by atoms with Gasteiger partial charge in [-0.3, -0.25) is 19.3 Å². The molecule has 2 aromatic carbocycles. The number of carbonyl (C=O) groups excluding carboxylic acids is 1. The third-order valence-corrected chi connectivity index (χ3v) is 7.59. The molecule has 2 aliphatic heterocycles. The van der Waals surface area contributed by atoms with Crippen molar-refractivity contribution in [3.05, 3.63) is 92.9 Å². The molecule has 1 N–H and O–H groups in total. The van der Waals surface area contributed by atoms with Crippen LogP contribution in [0.4, 0.5) is 22.0 Å². The number of thioether (sulfide) groups is 1. The molecule has 1 amide bonds. The van der Waals surface area contributed by atoms with Crippen LogP contribution in [-0.2, 0) is 5.75 Å². The highest BCUT2D eigenvalue weighted by atomic mass is 32.2. The summed E-state index contributed by atoms with van der Waals surface area (Å²) in [6.07, 6.45) is -3.71. The Hall–Kier alpha value is -3.54. The smallest absolute Gasteiger partial charge is 0.408 e. The third-order valence-electron chi connectivity index (χ3n) is 6.41. The zero-order valence-corrected chi connectivity index (χ0v) is 19.4. The van der Waals surface area contributed by atoms with Crippen molar-refractivity contribution in [1.29, 1.82) is 0 Å². The van der Waals surface area contributed by atoms with Gasteiger partial charge in [0.05, 0.1) is 0 Å². The largest absolute Gasteiger partial charge is 0.502 e. The normalized spacial score (nSPS) is 18.3. The second kappa shape index (κ2) is 8.54. The van der Waals surface area contributed by atoms with Crippen LogP contribution in [0.15, 0.2) is 58.4 Å². The first-order valence-corrected chi connectivity index (χ1v) is 11.8. The van der Waals surface area contributed by atoms with E-state index in [1.807, 2.05) is 0 Å². The number of rotatable bonds is 2. The van der Waals surface area contributed by atoms with Gasteiger partial charge in [0.2, 0.25) is 5.43 Å². The first-order chi connectivity index (χ1) is 17.0. The molecule has 3 heterocycles. The minimum Gasteiger partial charge on any atom is -0.502 e. The zero-order valence-electron chi connectivity index (χ0n) is 18.6. The number of pyridine rings is 1. The molecular formula is C24H18F5N3O3S. The Bertz CT molecular complexity index is 1440. The van der Waals surface area contributed by atoms with Gasteiger partial charge in [-0.1, -0.05) is 24.3 Å². The molecule has 0 saturated heterocycles. The van der Waals surface area contributed by atoms with Crippen LogP contribution in [0, 0.1) is 11.6 Å². The Morgan fingerprint density at radius 2 is 1.75 bits per heavy atom. The average Bonchev–Trinajstić information content (AvgIpc) is 2.99. The highest BCUT2D eigenvalue weighted by molar-refractivity contribution is 7.98. The van der Waals surface area contributed by atoms with Gasteiger partial charge in [0.1, 0.15) is 30.4 Å². The number of nitrogens with zero attached hydrogens (tertiary/aromatic N) is 3. The van der Waals surface area contributed by atoms with Crippen LogP contribution >= 0.6 is 11.8 Å². The topological polar surface area (TPSA) is 65.8 Å². The van der Waals surface area contributed by atoms with Crippen molar-refractivity contribution in [2.45, 2.75) is 35.8 Å². The van der Waals surface area contributed by atoms with Gasteiger partial charge in [0.25, 0.3) is 5.91 Å². The molecule has 0 saturated carbocycles. The highest BCUT2D eigenvalue weighted by Gasteiger charge is 2.48. The second-order valence-corrected chi connectivity index (χ2v) is 9.44. The van der Waals surface area contributed by atoms with E-state index in [4.69, 9.17) is 0 Å². The van der Waals surface area contributed by atoms with Gasteiger partial charge >= 0.3 is 6.18 Å². The predicted octanol–water partition coefficient (Wildman–Crippen LogP) is 4.53. The lowest BCUT2D eigenvalue weighted by Crippen LogP contribution is -2.60. The summed E-state index contributed by atoms with van der Waals surface area (Å²) in [6.45, 7) is 0.0861. The quantitative estimate of drug-likeness (QED) is 0.501. The standard InChI is InChI=1S/C24H18F5N3O3S/c1-12(24(27,28)29)30-11-32(31-9-8-17(33)21(34)20(31)23(30)35)19-14-5-3-7-16(26)22(14)36-10-13-4-2-6-15(25)18(13)19/h2-9,12,19,34H,10-11H2,1H3/t12-,19+/m1/s1. The van der Waals surface area contributed by atoms with Crippen molar-refractivity contribution in [3.63, 3.8) is 0 Å². The maximum atomic E-state index is 15.4. The van der Waals surface area contributed by atoms with Crippen molar-refractivity contribution in [2.24, 2.45) is 0 Å². The van der Waals surface area contributed by atoms with Crippen LogP contribution in [-0.4, -0.2) is 39.5 Å². The number of aromatic hydroxyl groups is 1. The summed E-state index contributed by atoms with van der Waals surface area (Å²) in [5.41, 5.74) is -0.822. The summed E-state index contributed by atoms with van der Waals surface area (Å²) in [5.74, 6) is -3.33. The SMILES string of the molecule is C[C@@H](N1CN([C@H]2c3cccc(F)c3SCc3cccc(F)c32)n2ccc(=O)c(O)c2C1=O)C(F)(F)F. The lowest BCUT2D eigenvalue weighted by molar-refractivity contribution is -0.173. The van der Waals surface area contributed by atoms with E-state index in [0.29, 0.717) is 10.5 Å². The molecule has 2 atom stereocenters. The summed E-state index contributed by atoms with van der Waals surface area (Å²) in [4.78, 5) is 25.9. The minimum absolute atomic E-state index is 0.0902. The van der Waals surface area contributed by atoms with Crippen LogP contribution in [0.2, 0.25) is 0 Å². The van der Waals surface area contributed by atoms with E-state index >= 15 is 4.39 Å². The molecule has 0 aliphatic carbocycles. The molecule has 3 aromatic rings. The Morgan fingerprint density at radius 1 is 1.06 bits per heavy atom. The van der Waals surface area contributed by atoms with Gasteiger partial charge < -0.3 is 10.0 Å². The van der Waals surface area contributed by atoms with Gasteiger partial charge in [-0.15, -0.1) is 11.8 Å². The number of benzene rings is 2. The number of alkyl halides is 3. The first-order valence-electron chi connectivity index (χ1n) is 10.8. The number of carbonyl (C=O) groups is 1. The Kier molecular flexibility index (Phi) is 5.73. The third kappa shape index (κ3) is 3.71. The van der Waals surface area contributed by atoms with Gasteiger partial charge in [-0.25, -0.2) is 8.78 Å². The fourth-order valence-corrected chi connectivity index (χ4v) is 5.66. The molecular weight excluding hydrogens is 505 g/mol. The van der Waals surface area contributed by atoms with E-state index in [0.717, 1.165) is 35.6 Å². The van der Waals surface area contributed by atoms with Gasteiger partial charge in [0, 0.05) is 28.5 Å². The monoisotopic (exact) mass is 523 g/mol. The van der Waals surface area contributed by atoms with Crippen LogP contribution in [0.1, 0.15) is 40.1 Å². The van der Waals surface area contributed by atoms with Gasteiger partial charge in [0.15, 0.2) is 11.4 Å². The van der Waals surface area contributed by atoms with Crippen LogP contribution in [0.3, 0.4) is 0 Å². The maximum Gasteiger partial charge on any atom is 0.408 e. The van der Waals surface area contributed by atoms with Crippen molar-refractivity contribution in [1.82, 2.24) is 9.58 Å². The molecule has 6 nitrogen and oxygen atoms in total. The highest BCUT2D eigenvalue weighted by Crippen LogP contribution is 2.45. The van der Waals surface area contributed by atoms with E-state index in [1.54, 1.807) is 6.07 Å². The lowest BCUT2D eigenvalue weighted by Gasteiger charge is -2.46. The Labute approximate surface area is 205 Å². The van der Waals surface area contributed by atoms with Crippen molar-refractivity contribution >= 4 is 17.7 Å². The van der Waals surface area contributed by atoms with Crippen molar-refractivity contribution < 1.29 is 31.9 Å². The Balaban J connectivity index is 1.82. The minimum atomic E-state index is -4.83. The van der Waals surface area contributed by atoms with Crippen molar-refractivity contribution in [2.75, 3.05) is 11.7 Å². The molecule has 2 aliphatic rings. The molecule has 0 radical (unpaired) electrons. The fraction of sp³-hybridized carbons (Fsp3) is 0.250. The van der Waals surface area contributed by atoms with E-state index in [9.17, 15) is 32.3 Å². The first kappa shape index (κ1) is 24.2. The van der Waals surface area contributed by atoms with E-state index in [1.165, 1.54) is 35.3 Å². The summed E-state index contributed by atoms with van der Waals surface area (Å²) in [6, 6.07) is 5.92. The number of aromatic nitrogens is 1. The Morgan fingerprint density at radius 3 is 2.47 bits per heavy atom. The summed E-state index contributed by atoms with van der Waals surface area (Å²) in [5, 5.41) is 11.7. The number of hydrogen-bond donors (Lipinski definition) is 1. The van der Waals surface area contributed by atoms with Gasteiger partial charge in [-0.05, 0) is 30.2 Å². The molecule has 12 heteroatoms. The maximum absolute atomic E-state index is 15.4. The molecule has 0 unspecified atom stereocenters. The molecule has 5 rings (SSSR count). The van der Waals surface area contributed by atoms with Crippen LogP contribution in [0.25, 0.3) is 0 Å². The summed E-state index contributed by atoms with van der Waals surface area (Å²) >= 11 is 1.12. The van der Waals surface area contributed by atoms with Gasteiger partial charge in [-0.2, -0.15) is 13.2 Å². The lowest BCUT2D eigenvalue weighted by atomic mass is 9.93. The molecule has 36 heavy (non-hydrogen) atoms. The molecule has 0 fully saturated rings. The fourth-order valence-electron chi connectivity index (χ4n) is 4.56.